The fraction of sp³-hybridized carbons (Fsp3) is 0.105. The van der Waals surface area contributed by atoms with Crippen molar-refractivity contribution in [1.82, 2.24) is 29.7 Å². The summed E-state index contributed by atoms with van der Waals surface area (Å²) in [5, 5.41) is 2.80. The number of imidazole rings is 1. The summed E-state index contributed by atoms with van der Waals surface area (Å²) in [7, 11) is 1.62. The highest BCUT2D eigenvalue weighted by molar-refractivity contribution is 5.93. The number of hydrogen-bond acceptors (Lipinski definition) is 6. The molecular weight excluding hydrogens is 344 g/mol. The van der Waals surface area contributed by atoms with Crippen molar-refractivity contribution in [3.05, 3.63) is 72.8 Å². The zero-order valence-corrected chi connectivity index (χ0v) is 14.5. The Labute approximate surface area is 154 Å². The molecule has 1 N–H and O–H groups in total. The van der Waals surface area contributed by atoms with E-state index in [9.17, 15) is 4.79 Å². The fourth-order valence-electron chi connectivity index (χ4n) is 2.66. The van der Waals surface area contributed by atoms with Gasteiger partial charge in [0, 0.05) is 36.5 Å². The summed E-state index contributed by atoms with van der Waals surface area (Å²) in [6.45, 7) is 0.282. The predicted octanol–water partition coefficient (Wildman–Crippen LogP) is 2.12. The van der Waals surface area contributed by atoms with Crippen LogP contribution in [0.2, 0.25) is 0 Å². The SMILES string of the molecule is COc1ccc(-c2nccn3cc(C(=O)NCc4cnccn4)nc23)cc1. The molecule has 4 aromatic rings. The van der Waals surface area contributed by atoms with Crippen LogP contribution in [0.5, 0.6) is 5.75 Å². The average Bonchev–Trinajstić information content (AvgIpc) is 3.17. The largest absolute Gasteiger partial charge is 0.497 e. The molecule has 0 aliphatic rings. The summed E-state index contributed by atoms with van der Waals surface area (Å²) in [4.78, 5) is 29.4. The van der Waals surface area contributed by atoms with Gasteiger partial charge in [-0.2, -0.15) is 0 Å². The van der Waals surface area contributed by atoms with Crippen LogP contribution in [0.25, 0.3) is 16.9 Å². The van der Waals surface area contributed by atoms with E-state index in [1.807, 2.05) is 24.3 Å². The summed E-state index contributed by atoms with van der Waals surface area (Å²) in [5.74, 6) is 0.475. The normalized spacial score (nSPS) is 10.7. The van der Waals surface area contributed by atoms with E-state index < -0.39 is 0 Å². The van der Waals surface area contributed by atoms with Crippen molar-refractivity contribution in [2.75, 3.05) is 7.11 Å². The van der Waals surface area contributed by atoms with Gasteiger partial charge in [-0.05, 0) is 24.3 Å². The van der Waals surface area contributed by atoms with Crippen LogP contribution in [0.3, 0.4) is 0 Å². The van der Waals surface area contributed by atoms with E-state index >= 15 is 0 Å². The molecule has 8 heteroatoms. The molecule has 3 aromatic heterocycles. The second-order valence-corrected chi connectivity index (χ2v) is 5.74. The minimum atomic E-state index is -0.287. The van der Waals surface area contributed by atoms with E-state index in [0.29, 0.717) is 22.7 Å². The number of hydrogen-bond donors (Lipinski definition) is 1. The zero-order valence-electron chi connectivity index (χ0n) is 14.5. The first-order valence-corrected chi connectivity index (χ1v) is 8.26. The van der Waals surface area contributed by atoms with Gasteiger partial charge in [0.05, 0.1) is 25.5 Å². The zero-order chi connectivity index (χ0) is 18.6. The van der Waals surface area contributed by atoms with Crippen LogP contribution in [-0.4, -0.2) is 37.4 Å². The Balaban J connectivity index is 1.61. The van der Waals surface area contributed by atoms with Crippen LogP contribution in [0.4, 0.5) is 0 Å². The third-order valence-electron chi connectivity index (χ3n) is 4.02. The molecule has 0 radical (unpaired) electrons. The number of benzene rings is 1. The Morgan fingerprint density at radius 2 is 2.00 bits per heavy atom. The summed E-state index contributed by atoms with van der Waals surface area (Å²) in [6.07, 6.45) is 9.89. The molecule has 0 fully saturated rings. The maximum absolute atomic E-state index is 12.4. The molecule has 0 saturated heterocycles. The van der Waals surface area contributed by atoms with Crippen LogP contribution >= 0.6 is 0 Å². The molecular formula is C19H16N6O2. The van der Waals surface area contributed by atoms with Crippen molar-refractivity contribution >= 4 is 11.6 Å². The smallest absolute Gasteiger partial charge is 0.271 e. The van der Waals surface area contributed by atoms with Gasteiger partial charge in [-0.1, -0.05) is 0 Å². The molecule has 4 rings (SSSR count). The van der Waals surface area contributed by atoms with Crippen LogP contribution in [0.1, 0.15) is 16.2 Å². The lowest BCUT2D eigenvalue weighted by molar-refractivity contribution is 0.0946. The van der Waals surface area contributed by atoms with Gasteiger partial charge in [0.15, 0.2) is 5.65 Å². The summed E-state index contributed by atoms with van der Waals surface area (Å²) in [6, 6.07) is 7.53. The Kier molecular flexibility index (Phi) is 4.44. The lowest BCUT2D eigenvalue weighted by Crippen LogP contribution is -2.23. The van der Waals surface area contributed by atoms with Crippen LogP contribution < -0.4 is 10.1 Å². The topological polar surface area (TPSA) is 94.3 Å². The molecule has 0 spiro atoms. The number of rotatable bonds is 5. The quantitative estimate of drug-likeness (QED) is 0.586. The first-order chi connectivity index (χ1) is 13.2. The highest BCUT2D eigenvalue weighted by atomic mass is 16.5. The fourth-order valence-corrected chi connectivity index (χ4v) is 2.66. The number of carbonyl (C=O) groups is 1. The molecule has 0 unspecified atom stereocenters. The standard InChI is InChI=1S/C19H16N6O2/c1-27-15-4-2-13(3-5-15)17-18-24-16(12-25(18)9-8-22-17)19(26)23-11-14-10-20-6-7-21-14/h2-10,12H,11H2,1H3,(H,23,26). The first kappa shape index (κ1) is 16.6. The minimum Gasteiger partial charge on any atom is -0.497 e. The maximum atomic E-state index is 12.4. The van der Waals surface area contributed by atoms with Gasteiger partial charge in [0.2, 0.25) is 0 Å². The predicted molar refractivity (Wildman–Crippen MR) is 98.2 cm³/mol. The molecule has 0 atom stereocenters. The van der Waals surface area contributed by atoms with E-state index in [1.54, 1.807) is 48.7 Å². The van der Waals surface area contributed by atoms with Gasteiger partial charge in [-0.3, -0.25) is 19.7 Å². The lowest BCUT2D eigenvalue weighted by Gasteiger charge is -2.04. The molecule has 27 heavy (non-hydrogen) atoms. The number of methoxy groups -OCH3 is 1. The number of carbonyl (C=O) groups excluding carboxylic acids is 1. The number of ether oxygens (including phenoxy) is 1. The van der Waals surface area contributed by atoms with Gasteiger partial charge < -0.3 is 14.5 Å². The second-order valence-electron chi connectivity index (χ2n) is 5.74. The van der Waals surface area contributed by atoms with Crippen molar-refractivity contribution in [3.8, 4) is 17.0 Å². The number of amides is 1. The van der Waals surface area contributed by atoms with Gasteiger partial charge in [0.1, 0.15) is 17.1 Å². The Morgan fingerprint density at radius 1 is 1.15 bits per heavy atom. The highest BCUT2D eigenvalue weighted by Crippen LogP contribution is 2.24. The van der Waals surface area contributed by atoms with E-state index in [2.05, 4.69) is 25.3 Å². The average molecular weight is 360 g/mol. The third-order valence-corrected chi connectivity index (χ3v) is 4.02. The van der Waals surface area contributed by atoms with E-state index in [0.717, 1.165) is 11.3 Å². The Morgan fingerprint density at radius 3 is 2.74 bits per heavy atom. The molecule has 0 aliphatic carbocycles. The second kappa shape index (κ2) is 7.20. The molecule has 3 heterocycles. The third kappa shape index (κ3) is 3.45. The van der Waals surface area contributed by atoms with E-state index in [4.69, 9.17) is 4.74 Å². The molecule has 0 aliphatic heterocycles. The monoisotopic (exact) mass is 360 g/mol. The van der Waals surface area contributed by atoms with Crippen LogP contribution in [0, 0.1) is 0 Å². The number of nitrogens with one attached hydrogen (secondary N) is 1. The van der Waals surface area contributed by atoms with Crippen molar-refractivity contribution in [2.45, 2.75) is 6.54 Å². The Bertz CT molecular complexity index is 1080. The molecule has 0 saturated carbocycles. The molecule has 8 nitrogen and oxygen atoms in total. The molecule has 0 bridgehead atoms. The summed E-state index contributed by atoms with van der Waals surface area (Å²) >= 11 is 0. The van der Waals surface area contributed by atoms with Crippen molar-refractivity contribution in [3.63, 3.8) is 0 Å². The van der Waals surface area contributed by atoms with Crippen molar-refractivity contribution in [1.29, 1.82) is 0 Å². The number of fused-ring (bicyclic) bond motifs is 1. The summed E-state index contributed by atoms with van der Waals surface area (Å²) in [5.41, 5.74) is 3.16. The summed E-state index contributed by atoms with van der Waals surface area (Å²) < 4.78 is 6.97. The van der Waals surface area contributed by atoms with Crippen LogP contribution in [-0.2, 0) is 6.54 Å². The Hall–Kier alpha value is -3.81. The van der Waals surface area contributed by atoms with Gasteiger partial charge in [-0.15, -0.1) is 0 Å². The highest BCUT2D eigenvalue weighted by Gasteiger charge is 2.14. The number of nitrogens with zero attached hydrogens (tertiary/aromatic N) is 5. The van der Waals surface area contributed by atoms with E-state index in [-0.39, 0.29) is 12.5 Å². The van der Waals surface area contributed by atoms with Crippen molar-refractivity contribution < 1.29 is 9.53 Å². The molecule has 1 aromatic carbocycles. The lowest BCUT2D eigenvalue weighted by atomic mass is 10.1. The maximum Gasteiger partial charge on any atom is 0.271 e. The van der Waals surface area contributed by atoms with Gasteiger partial charge in [0.25, 0.3) is 5.91 Å². The van der Waals surface area contributed by atoms with Crippen LogP contribution in [0.15, 0.2) is 61.4 Å². The number of aromatic nitrogens is 5. The first-order valence-electron chi connectivity index (χ1n) is 8.26. The molecule has 1 amide bonds. The van der Waals surface area contributed by atoms with E-state index in [1.165, 1.54) is 0 Å². The van der Waals surface area contributed by atoms with Gasteiger partial charge >= 0.3 is 0 Å². The minimum absolute atomic E-state index is 0.282. The van der Waals surface area contributed by atoms with Crippen molar-refractivity contribution in [2.24, 2.45) is 0 Å². The van der Waals surface area contributed by atoms with Gasteiger partial charge in [-0.25, -0.2) is 4.98 Å². The molecule has 134 valence electrons.